The quantitative estimate of drug-likeness (QED) is 0.871. The van der Waals surface area contributed by atoms with E-state index in [0.29, 0.717) is 11.8 Å². The van der Waals surface area contributed by atoms with Crippen LogP contribution in [0.4, 0.5) is 0 Å². The summed E-state index contributed by atoms with van der Waals surface area (Å²) in [5.74, 6) is 2.47. The highest BCUT2D eigenvalue weighted by Crippen LogP contribution is 2.44. The number of methoxy groups -OCH3 is 1. The number of hydrogen-bond acceptors (Lipinski definition) is 2. The van der Waals surface area contributed by atoms with Crippen molar-refractivity contribution in [3.05, 3.63) is 27.7 Å². The smallest absolute Gasteiger partial charge is 0.136 e. The Labute approximate surface area is 130 Å². The molecule has 20 heavy (non-hydrogen) atoms. The molecule has 1 aliphatic heterocycles. The number of rotatable bonds is 3. The van der Waals surface area contributed by atoms with E-state index in [1.807, 2.05) is 0 Å². The van der Waals surface area contributed by atoms with Crippen LogP contribution >= 0.6 is 15.9 Å². The van der Waals surface area contributed by atoms with Crippen LogP contribution in [0, 0.1) is 0 Å². The molecule has 1 aliphatic carbocycles. The number of nitrogens with one attached hydrogen (secondary N) is 1. The fraction of sp³-hybridized carbons (Fsp3) is 0.647. The molecule has 0 aromatic heterocycles. The van der Waals surface area contributed by atoms with E-state index in [1.54, 1.807) is 7.11 Å². The first-order valence-electron chi connectivity index (χ1n) is 7.87. The molecule has 2 aliphatic rings. The molecule has 1 saturated carbocycles. The van der Waals surface area contributed by atoms with Crippen LogP contribution in [0.15, 0.2) is 16.6 Å². The Bertz CT molecular complexity index is 462. The topological polar surface area (TPSA) is 21.3 Å². The second-order valence-corrected chi connectivity index (χ2v) is 6.99. The lowest BCUT2D eigenvalue weighted by atomic mass is 9.86. The third-order valence-corrected chi connectivity index (χ3v) is 5.49. The molecule has 0 atom stereocenters. The SMILES string of the molecule is COc1c(Br)cc(C2CCNCC2)cc1C1CCCC1. The van der Waals surface area contributed by atoms with Crippen molar-refractivity contribution in [2.24, 2.45) is 0 Å². The molecule has 2 nitrogen and oxygen atoms in total. The minimum absolute atomic E-state index is 0.697. The molecule has 110 valence electrons. The van der Waals surface area contributed by atoms with E-state index < -0.39 is 0 Å². The van der Waals surface area contributed by atoms with Crippen molar-refractivity contribution < 1.29 is 4.74 Å². The van der Waals surface area contributed by atoms with Gasteiger partial charge in [0.25, 0.3) is 0 Å². The highest BCUT2D eigenvalue weighted by Gasteiger charge is 2.25. The maximum absolute atomic E-state index is 5.67. The first kappa shape index (κ1) is 14.4. The monoisotopic (exact) mass is 337 g/mol. The van der Waals surface area contributed by atoms with Crippen LogP contribution in [0.5, 0.6) is 5.75 Å². The molecule has 2 fully saturated rings. The van der Waals surface area contributed by atoms with Gasteiger partial charge in [-0.1, -0.05) is 18.9 Å². The average Bonchev–Trinajstić information content (AvgIpc) is 3.01. The van der Waals surface area contributed by atoms with E-state index in [9.17, 15) is 0 Å². The van der Waals surface area contributed by atoms with E-state index in [1.165, 1.54) is 49.7 Å². The van der Waals surface area contributed by atoms with Crippen molar-refractivity contribution in [1.29, 1.82) is 0 Å². The van der Waals surface area contributed by atoms with Gasteiger partial charge in [0.15, 0.2) is 0 Å². The lowest BCUT2D eigenvalue weighted by Crippen LogP contribution is -2.26. The number of piperidine rings is 1. The standard InChI is InChI=1S/C17H24BrNO/c1-20-17-15(13-4-2-3-5-13)10-14(11-16(17)18)12-6-8-19-9-7-12/h10-13,19H,2-9H2,1H3. The molecule has 1 saturated heterocycles. The Balaban J connectivity index is 1.95. The fourth-order valence-corrected chi connectivity index (χ4v) is 4.44. The second kappa shape index (κ2) is 6.48. The van der Waals surface area contributed by atoms with Gasteiger partial charge >= 0.3 is 0 Å². The van der Waals surface area contributed by atoms with Gasteiger partial charge in [-0.25, -0.2) is 0 Å². The van der Waals surface area contributed by atoms with E-state index in [0.717, 1.165) is 23.3 Å². The molecule has 1 aromatic rings. The zero-order valence-corrected chi connectivity index (χ0v) is 13.8. The summed E-state index contributed by atoms with van der Waals surface area (Å²) >= 11 is 3.73. The summed E-state index contributed by atoms with van der Waals surface area (Å²) in [6, 6.07) is 4.73. The van der Waals surface area contributed by atoms with Gasteiger partial charge in [-0.2, -0.15) is 0 Å². The normalized spacial score (nSPS) is 21.3. The van der Waals surface area contributed by atoms with Crippen LogP contribution in [-0.4, -0.2) is 20.2 Å². The number of benzene rings is 1. The summed E-state index contributed by atoms with van der Waals surface area (Å²) in [6.07, 6.45) is 7.87. The van der Waals surface area contributed by atoms with Crippen molar-refractivity contribution in [1.82, 2.24) is 5.32 Å². The molecule has 0 unspecified atom stereocenters. The van der Waals surface area contributed by atoms with Crippen LogP contribution in [0.1, 0.15) is 61.5 Å². The Morgan fingerprint density at radius 2 is 1.75 bits per heavy atom. The van der Waals surface area contributed by atoms with E-state index in [2.05, 4.69) is 33.4 Å². The highest BCUT2D eigenvalue weighted by atomic mass is 79.9. The van der Waals surface area contributed by atoms with Crippen molar-refractivity contribution >= 4 is 15.9 Å². The predicted molar refractivity (Wildman–Crippen MR) is 86.7 cm³/mol. The fourth-order valence-electron chi connectivity index (χ4n) is 3.78. The first-order chi connectivity index (χ1) is 9.79. The number of halogens is 1. The van der Waals surface area contributed by atoms with Crippen molar-refractivity contribution in [2.45, 2.75) is 50.4 Å². The second-order valence-electron chi connectivity index (χ2n) is 6.13. The van der Waals surface area contributed by atoms with Crippen LogP contribution in [0.25, 0.3) is 0 Å². The average molecular weight is 338 g/mol. The van der Waals surface area contributed by atoms with Crippen LogP contribution in [-0.2, 0) is 0 Å². The van der Waals surface area contributed by atoms with Crippen molar-refractivity contribution in [2.75, 3.05) is 20.2 Å². The lowest BCUT2D eigenvalue weighted by Gasteiger charge is -2.25. The Hall–Kier alpha value is -0.540. The molecule has 0 bridgehead atoms. The minimum atomic E-state index is 0.697. The summed E-state index contributed by atoms with van der Waals surface area (Å²) in [5.41, 5.74) is 2.94. The third kappa shape index (κ3) is 2.89. The number of ether oxygens (including phenoxy) is 1. The zero-order valence-electron chi connectivity index (χ0n) is 12.3. The number of hydrogen-bond donors (Lipinski definition) is 1. The van der Waals surface area contributed by atoms with Gasteiger partial charge in [-0.05, 0) is 83.7 Å². The van der Waals surface area contributed by atoms with Gasteiger partial charge in [0, 0.05) is 0 Å². The Morgan fingerprint density at radius 1 is 1.05 bits per heavy atom. The molecule has 0 spiro atoms. The lowest BCUT2D eigenvalue weighted by molar-refractivity contribution is 0.401. The van der Waals surface area contributed by atoms with Crippen LogP contribution < -0.4 is 10.1 Å². The van der Waals surface area contributed by atoms with Gasteiger partial charge in [-0.3, -0.25) is 0 Å². The van der Waals surface area contributed by atoms with Gasteiger partial charge < -0.3 is 10.1 Å². The van der Waals surface area contributed by atoms with Gasteiger partial charge in [-0.15, -0.1) is 0 Å². The van der Waals surface area contributed by atoms with Crippen molar-refractivity contribution in [3.8, 4) is 5.75 Å². The zero-order chi connectivity index (χ0) is 13.9. The molecule has 0 amide bonds. The molecule has 3 heteroatoms. The molecular formula is C17H24BrNO. The summed E-state index contributed by atoms with van der Waals surface area (Å²) in [5, 5.41) is 3.45. The van der Waals surface area contributed by atoms with Gasteiger partial charge in [0.2, 0.25) is 0 Å². The molecule has 3 rings (SSSR count). The van der Waals surface area contributed by atoms with Crippen molar-refractivity contribution in [3.63, 3.8) is 0 Å². The third-order valence-electron chi connectivity index (χ3n) is 4.90. The first-order valence-corrected chi connectivity index (χ1v) is 8.67. The molecule has 1 heterocycles. The van der Waals surface area contributed by atoms with Gasteiger partial charge in [0.05, 0.1) is 11.6 Å². The van der Waals surface area contributed by atoms with Crippen LogP contribution in [0.3, 0.4) is 0 Å². The summed E-state index contributed by atoms with van der Waals surface area (Å²) in [6.45, 7) is 2.29. The van der Waals surface area contributed by atoms with E-state index in [-0.39, 0.29) is 0 Å². The maximum atomic E-state index is 5.67. The molecule has 0 radical (unpaired) electrons. The summed E-state index contributed by atoms with van der Waals surface area (Å²) < 4.78 is 6.81. The molecular weight excluding hydrogens is 314 g/mol. The largest absolute Gasteiger partial charge is 0.495 e. The van der Waals surface area contributed by atoms with E-state index >= 15 is 0 Å². The summed E-state index contributed by atoms with van der Waals surface area (Å²) in [4.78, 5) is 0. The van der Waals surface area contributed by atoms with Gasteiger partial charge in [0.1, 0.15) is 5.75 Å². The minimum Gasteiger partial charge on any atom is -0.495 e. The van der Waals surface area contributed by atoms with Crippen LogP contribution in [0.2, 0.25) is 0 Å². The maximum Gasteiger partial charge on any atom is 0.136 e. The summed E-state index contributed by atoms with van der Waals surface area (Å²) in [7, 11) is 1.79. The molecule has 1 N–H and O–H groups in total. The Morgan fingerprint density at radius 3 is 2.40 bits per heavy atom. The Kier molecular flexibility index (Phi) is 4.67. The van der Waals surface area contributed by atoms with E-state index in [4.69, 9.17) is 4.74 Å². The highest BCUT2D eigenvalue weighted by molar-refractivity contribution is 9.10. The molecule has 1 aromatic carbocycles. The predicted octanol–water partition coefficient (Wildman–Crippen LogP) is 4.58.